The number of imidazole rings is 1. The average Bonchev–Trinajstić information content (AvgIpc) is 2.90. The number of nitrogens with two attached hydrogens (primary N) is 1. The minimum absolute atomic E-state index is 0.228. The maximum Gasteiger partial charge on any atom is 0.0922 e. The molecule has 16 heavy (non-hydrogen) atoms. The van der Waals surface area contributed by atoms with Gasteiger partial charge < -0.3 is 15.3 Å². The Labute approximate surface area is 94.5 Å². The van der Waals surface area contributed by atoms with Crippen LogP contribution in [0.25, 0.3) is 0 Å². The molecule has 0 aliphatic heterocycles. The van der Waals surface area contributed by atoms with Gasteiger partial charge in [-0.15, -0.1) is 0 Å². The topological polar surface area (TPSA) is 59.6 Å². The van der Waals surface area contributed by atoms with Gasteiger partial charge in [0.05, 0.1) is 18.6 Å². The Kier molecular flexibility index (Phi) is 2.29. The molecule has 4 nitrogen and oxygen atoms in total. The number of nitrogens with one attached hydrogen (secondary N) is 1. The largest absolute Gasteiger partial charge is 0.347 e. The first-order valence-corrected chi connectivity index (χ1v) is 5.75. The van der Waals surface area contributed by atoms with Gasteiger partial charge in [-0.1, -0.05) is 0 Å². The van der Waals surface area contributed by atoms with Crippen molar-refractivity contribution < 1.29 is 0 Å². The van der Waals surface area contributed by atoms with Gasteiger partial charge in [-0.25, -0.2) is 4.98 Å². The Hall–Kier alpha value is -1.55. The molecule has 0 bridgehead atoms. The van der Waals surface area contributed by atoms with E-state index >= 15 is 0 Å². The molecule has 0 aromatic carbocycles. The quantitative estimate of drug-likeness (QED) is 0.801. The number of rotatable bonds is 2. The van der Waals surface area contributed by atoms with Gasteiger partial charge >= 0.3 is 0 Å². The fourth-order valence-corrected chi connectivity index (χ4v) is 2.50. The first-order valence-electron chi connectivity index (χ1n) is 5.75. The summed E-state index contributed by atoms with van der Waals surface area (Å²) in [5, 5.41) is 0. The van der Waals surface area contributed by atoms with Crippen LogP contribution in [0.3, 0.4) is 0 Å². The average molecular weight is 216 g/mol. The van der Waals surface area contributed by atoms with Crippen molar-refractivity contribution in [2.75, 3.05) is 0 Å². The number of fused-ring (bicyclic) bond motifs is 1. The molecule has 2 aromatic rings. The van der Waals surface area contributed by atoms with Gasteiger partial charge in [0.25, 0.3) is 0 Å². The van der Waals surface area contributed by atoms with Crippen molar-refractivity contribution in [2.24, 2.45) is 5.73 Å². The van der Waals surface area contributed by atoms with Crippen LogP contribution in [0.4, 0.5) is 0 Å². The molecule has 2 heterocycles. The molecular weight excluding hydrogens is 200 g/mol. The highest BCUT2D eigenvalue weighted by atomic mass is 15.0. The predicted octanol–water partition coefficient (Wildman–Crippen LogP) is 1.60. The highest BCUT2D eigenvalue weighted by Crippen LogP contribution is 2.28. The van der Waals surface area contributed by atoms with Gasteiger partial charge in [-0.3, -0.25) is 0 Å². The van der Waals surface area contributed by atoms with Crippen LogP contribution in [0.5, 0.6) is 0 Å². The smallest absolute Gasteiger partial charge is 0.0922 e. The SMILES string of the molecule is NC1CCCc2c1ccn2Cc1cnc[nH]1. The van der Waals surface area contributed by atoms with E-state index in [1.165, 1.54) is 17.7 Å². The first-order chi connectivity index (χ1) is 7.84. The zero-order valence-electron chi connectivity index (χ0n) is 9.19. The van der Waals surface area contributed by atoms with E-state index in [1.807, 2.05) is 6.20 Å². The molecule has 2 aromatic heterocycles. The molecule has 1 atom stereocenters. The Bertz CT molecular complexity index is 469. The van der Waals surface area contributed by atoms with Crippen LogP contribution in [0.15, 0.2) is 24.8 Å². The number of aromatic nitrogens is 3. The second-order valence-corrected chi connectivity index (χ2v) is 4.42. The van der Waals surface area contributed by atoms with Crippen LogP contribution in [-0.2, 0) is 13.0 Å². The van der Waals surface area contributed by atoms with Crippen LogP contribution in [0.2, 0.25) is 0 Å². The number of H-pyrrole nitrogens is 1. The Morgan fingerprint density at radius 1 is 1.56 bits per heavy atom. The summed E-state index contributed by atoms with van der Waals surface area (Å²) < 4.78 is 2.28. The number of hydrogen-bond donors (Lipinski definition) is 2. The third kappa shape index (κ3) is 1.55. The lowest BCUT2D eigenvalue weighted by Crippen LogP contribution is -2.18. The lowest BCUT2D eigenvalue weighted by atomic mass is 9.94. The standard InChI is InChI=1S/C12H16N4/c13-11-2-1-3-12-10(11)4-5-16(12)7-9-6-14-8-15-9/h4-6,8,11H,1-3,7,13H2,(H,14,15). The van der Waals surface area contributed by atoms with Crippen molar-refractivity contribution in [1.82, 2.24) is 14.5 Å². The van der Waals surface area contributed by atoms with Gasteiger partial charge in [-0.2, -0.15) is 0 Å². The van der Waals surface area contributed by atoms with Gasteiger partial charge in [0.1, 0.15) is 0 Å². The van der Waals surface area contributed by atoms with Crippen molar-refractivity contribution in [3.05, 3.63) is 41.7 Å². The molecule has 3 rings (SSSR count). The zero-order valence-corrected chi connectivity index (χ0v) is 9.19. The van der Waals surface area contributed by atoms with Gasteiger partial charge in [0.2, 0.25) is 0 Å². The van der Waals surface area contributed by atoms with E-state index in [1.54, 1.807) is 6.33 Å². The first kappa shape index (κ1) is 9.66. The normalized spacial score (nSPS) is 19.7. The van der Waals surface area contributed by atoms with Crippen molar-refractivity contribution >= 4 is 0 Å². The van der Waals surface area contributed by atoms with Gasteiger partial charge in [0.15, 0.2) is 0 Å². The van der Waals surface area contributed by atoms with Crippen LogP contribution in [0, 0.1) is 0 Å². The van der Waals surface area contributed by atoms with Crippen LogP contribution < -0.4 is 5.73 Å². The van der Waals surface area contributed by atoms with E-state index in [0.717, 1.165) is 25.1 Å². The van der Waals surface area contributed by atoms with E-state index in [2.05, 4.69) is 26.8 Å². The molecule has 0 amide bonds. The fraction of sp³-hybridized carbons (Fsp3) is 0.417. The van der Waals surface area contributed by atoms with Gasteiger partial charge in [0, 0.05) is 24.1 Å². The van der Waals surface area contributed by atoms with Crippen LogP contribution in [-0.4, -0.2) is 14.5 Å². The summed E-state index contributed by atoms with van der Waals surface area (Å²) in [5.41, 5.74) is 9.96. The molecule has 1 aliphatic rings. The van der Waals surface area contributed by atoms with E-state index in [0.29, 0.717) is 0 Å². The van der Waals surface area contributed by atoms with Crippen LogP contribution in [0.1, 0.15) is 35.8 Å². The van der Waals surface area contributed by atoms with Crippen molar-refractivity contribution in [2.45, 2.75) is 31.8 Å². The zero-order chi connectivity index (χ0) is 11.0. The highest BCUT2D eigenvalue weighted by molar-refractivity contribution is 5.28. The van der Waals surface area contributed by atoms with E-state index in [4.69, 9.17) is 5.73 Å². The number of nitrogens with zero attached hydrogens (tertiary/aromatic N) is 2. The van der Waals surface area contributed by atoms with E-state index in [9.17, 15) is 0 Å². The summed E-state index contributed by atoms with van der Waals surface area (Å²) >= 11 is 0. The molecule has 0 spiro atoms. The van der Waals surface area contributed by atoms with Crippen LogP contribution >= 0.6 is 0 Å². The van der Waals surface area contributed by atoms with Crippen molar-refractivity contribution in [1.29, 1.82) is 0 Å². The predicted molar refractivity (Wildman–Crippen MR) is 62.0 cm³/mol. The maximum absolute atomic E-state index is 6.10. The highest BCUT2D eigenvalue weighted by Gasteiger charge is 2.19. The molecule has 84 valence electrons. The third-order valence-electron chi connectivity index (χ3n) is 3.34. The lowest BCUT2D eigenvalue weighted by molar-refractivity contribution is 0.547. The minimum Gasteiger partial charge on any atom is -0.347 e. The Balaban J connectivity index is 1.91. The monoisotopic (exact) mass is 216 g/mol. The molecule has 1 aliphatic carbocycles. The minimum atomic E-state index is 0.228. The molecule has 0 saturated carbocycles. The van der Waals surface area contributed by atoms with Gasteiger partial charge in [-0.05, 0) is 30.9 Å². The molecule has 0 fully saturated rings. The summed E-state index contributed by atoms with van der Waals surface area (Å²) in [7, 11) is 0. The van der Waals surface area contributed by atoms with E-state index in [-0.39, 0.29) is 6.04 Å². The summed E-state index contributed by atoms with van der Waals surface area (Å²) in [6.07, 6.45) is 9.18. The lowest BCUT2D eigenvalue weighted by Gasteiger charge is -2.20. The second kappa shape index (κ2) is 3.79. The number of aromatic amines is 1. The molecule has 3 N–H and O–H groups in total. The molecule has 4 heteroatoms. The van der Waals surface area contributed by atoms with E-state index < -0.39 is 0 Å². The van der Waals surface area contributed by atoms with Crippen molar-refractivity contribution in [3.63, 3.8) is 0 Å². The Morgan fingerprint density at radius 2 is 2.50 bits per heavy atom. The molecule has 0 saturated heterocycles. The molecule has 0 radical (unpaired) electrons. The molecular formula is C12H16N4. The summed E-state index contributed by atoms with van der Waals surface area (Å²) in [5.74, 6) is 0. The van der Waals surface area contributed by atoms with Crippen molar-refractivity contribution in [3.8, 4) is 0 Å². The second-order valence-electron chi connectivity index (χ2n) is 4.42. The summed E-state index contributed by atoms with van der Waals surface area (Å²) in [4.78, 5) is 7.17. The fourth-order valence-electron chi connectivity index (χ4n) is 2.50. The molecule has 1 unspecified atom stereocenters. The summed E-state index contributed by atoms with van der Waals surface area (Å²) in [6, 6.07) is 2.39. The third-order valence-corrected chi connectivity index (χ3v) is 3.34. The maximum atomic E-state index is 6.10. The number of hydrogen-bond acceptors (Lipinski definition) is 2. The summed E-state index contributed by atoms with van der Waals surface area (Å²) in [6.45, 7) is 0.863. The Morgan fingerprint density at radius 3 is 3.31 bits per heavy atom.